The van der Waals surface area contributed by atoms with E-state index in [1.165, 1.54) is 17.7 Å². The van der Waals surface area contributed by atoms with E-state index in [9.17, 15) is 4.79 Å². The maximum absolute atomic E-state index is 12.4. The zero-order valence-corrected chi connectivity index (χ0v) is 11.5. The lowest BCUT2D eigenvalue weighted by molar-refractivity contribution is -0.127. The van der Waals surface area contributed by atoms with E-state index in [0.29, 0.717) is 0 Å². The highest BCUT2D eigenvalue weighted by atomic mass is 16.2. The summed E-state index contributed by atoms with van der Waals surface area (Å²) in [6.45, 7) is 2.93. The fraction of sp³-hybridized carbons (Fsp3) is 0.562. The summed E-state index contributed by atoms with van der Waals surface area (Å²) in [6, 6.07) is 8.27. The molecule has 2 N–H and O–H groups in total. The van der Waals surface area contributed by atoms with Crippen molar-refractivity contribution in [3.63, 3.8) is 0 Å². The van der Waals surface area contributed by atoms with Crippen molar-refractivity contribution in [3.8, 4) is 0 Å². The van der Waals surface area contributed by atoms with Crippen LogP contribution in [0.4, 0.5) is 5.69 Å². The summed E-state index contributed by atoms with van der Waals surface area (Å²) < 4.78 is 0. The van der Waals surface area contributed by atoms with E-state index < -0.39 is 0 Å². The van der Waals surface area contributed by atoms with Gasteiger partial charge in [-0.05, 0) is 43.7 Å². The first-order valence-corrected chi connectivity index (χ1v) is 7.36. The van der Waals surface area contributed by atoms with Crippen LogP contribution in [0.3, 0.4) is 0 Å². The predicted octanol–water partition coefficient (Wildman–Crippen LogP) is 2.72. The number of rotatable bonds is 3. The largest absolute Gasteiger partial charge is 0.384 e. The van der Waals surface area contributed by atoms with E-state index in [1.807, 2.05) is 12.1 Å². The van der Waals surface area contributed by atoms with E-state index in [1.54, 1.807) is 0 Å². The molecule has 1 amide bonds. The molecule has 1 aromatic rings. The first-order chi connectivity index (χ1) is 9.22. The van der Waals surface area contributed by atoms with Crippen LogP contribution >= 0.6 is 0 Å². The summed E-state index contributed by atoms with van der Waals surface area (Å²) in [5, 5.41) is 6.67. The van der Waals surface area contributed by atoms with Crippen LogP contribution in [0.1, 0.15) is 38.2 Å². The van der Waals surface area contributed by atoms with Crippen molar-refractivity contribution in [2.24, 2.45) is 5.92 Å². The molecular weight excluding hydrogens is 236 g/mol. The fourth-order valence-corrected chi connectivity index (χ4v) is 3.16. The van der Waals surface area contributed by atoms with Gasteiger partial charge in [-0.15, -0.1) is 0 Å². The molecule has 1 heterocycles. The van der Waals surface area contributed by atoms with Gasteiger partial charge in [0.15, 0.2) is 0 Å². The molecule has 1 fully saturated rings. The van der Waals surface area contributed by atoms with Crippen molar-refractivity contribution in [1.82, 2.24) is 5.32 Å². The first-order valence-electron chi connectivity index (χ1n) is 7.36. The second kappa shape index (κ2) is 4.87. The Balaban J connectivity index is 1.66. The lowest BCUT2D eigenvalue weighted by Crippen LogP contribution is -2.55. The van der Waals surface area contributed by atoms with E-state index in [4.69, 9.17) is 0 Å². The summed E-state index contributed by atoms with van der Waals surface area (Å²) >= 11 is 0. The molecule has 19 heavy (non-hydrogen) atoms. The third-order valence-corrected chi connectivity index (χ3v) is 4.77. The molecule has 0 radical (unpaired) electrons. The van der Waals surface area contributed by atoms with Crippen molar-refractivity contribution in [1.29, 1.82) is 0 Å². The molecule has 1 aliphatic heterocycles. The minimum atomic E-state index is 0.0684. The van der Waals surface area contributed by atoms with E-state index >= 15 is 0 Å². The SMILES string of the molecule is CCC1(NC(=O)C2CNc3ccccc3C2)CCC1. The Morgan fingerprint density at radius 2 is 2.21 bits per heavy atom. The standard InChI is InChI=1S/C16H22N2O/c1-2-16(8-5-9-16)18-15(19)13-10-12-6-3-4-7-14(12)17-11-13/h3-4,6-7,13,17H,2,5,8-11H2,1H3,(H,18,19). The molecule has 1 atom stereocenters. The van der Waals surface area contributed by atoms with Crippen LogP contribution in [0.5, 0.6) is 0 Å². The van der Waals surface area contributed by atoms with Gasteiger partial charge in [-0.25, -0.2) is 0 Å². The predicted molar refractivity (Wildman–Crippen MR) is 77.1 cm³/mol. The maximum Gasteiger partial charge on any atom is 0.225 e. The van der Waals surface area contributed by atoms with Gasteiger partial charge >= 0.3 is 0 Å². The van der Waals surface area contributed by atoms with Crippen molar-refractivity contribution in [2.45, 2.75) is 44.6 Å². The third kappa shape index (κ3) is 2.34. The molecule has 1 aliphatic carbocycles. The second-order valence-corrected chi connectivity index (χ2v) is 5.92. The molecule has 0 saturated heterocycles. The number of hydrogen-bond donors (Lipinski definition) is 2. The average molecular weight is 258 g/mol. The van der Waals surface area contributed by atoms with Crippen molar-refractivity contribution in [3.05, 3.63) is 29.8 Å². The zero-order chi connectivity index (χ0) is 13.3. The molecule has 1 aromatic carbocycles. The molecule has 3 nitrogen and oxygen atoms in total. The summed E-state index contributed by atoms with van der Waals surface area (Å²) in [5.74, 6) is 0.294. The third-order valence-electron chi connectivity index (χ3n) is 4.77. The number of benzene rings is 1. The quantitative estimate of drug-likeness (QED) is 0.875. The van der Waals surface area contributed by atoms with E-state index in [-0.39, 0.29) is 17.4 Å². The number of carbonyl (C=O) groups is 1. The Kier molecular flexibility index (Phi) is 3.21. The van der Waals surface area contributed by atoms with Crippen LogP contribution in [-0.2, 0) is 11.2 Å². The van der Waals surface area contributed by atoms with Crippen molar-refractivity contribution >= 4 is 11.6 Å². The van der Waals surface area contributed by atoms with Crippen LogP contribution in [0.15, 0.2) is 24.3 Å². The van der Waals surface area contributed by atoms with Crippen LogP contribution in [0.2, 0.25) is 0 Å². The van der Waals surface area contributed by atoms with E-state index in [0.717, 1.165) is 32.2 Å². The molecule has 0 spiro atoms. The molecule has 1 unspecified atom stereocenters. The highest BCUT2D eigenvalue weighted by Gasteiger charge is 2.38. The molecule has 1 saturated carbocycles. The van der Waals surface area contributed by atoms with Gasteiger partial charge in [0.1, 0.15) is 0 Å². The minimum absolute atomic E-state index is 0.0684. The van der Waals surface area contributed by atoms with Crippen LogP contribution in [0, 0.1) is 5.92 Å². The number of amides is 1. The molecule has 0 bridgehead atoms. The van der Waals surface area contributed by atoms with Gasteiger partial charge in [-0.1, -0.05) is 25.1 Å². The number of hydrogen-bond acceptors (Lipinski definition) is 2. The van der Waals surface area contributed by atoms with Gasteiger partial charge in [-0.3, -0.25) is 4.79 Å². The number of nitrogens with one attached hydrogen (secondary N) is 2. The monoisotopic (exact) mass is 258 g/mol. The van der Waals surface area contributed by atoms with Gasteiger partial charge < -0.3 is 10.6 Å². The van der Waals surface area contributed by atoms with Crippen molar-refractivity contribution < 1.29 is 4.79 Å². The van der Waals surface area contributed by atoms with Gasteiger partial charge in [0.05, 0.1) is 5.92 Å². The normalized spacial score (nSPS) is 23.7. The summed E-state index contributed by atoms with van der Waals surface area (Å²) in [4.78, 5) is 12.4. The molecular formula is C16H22N2O. The number of anilines is 1. The topological polar surface area (TPSA) is 41.1 Å². The summed E-state index contributed by atoms with van der Waals surface area (Å²) in [5.41, 5.74) is 2.54. The Bertz CT molecular complexity index is 474. The van der Waals surface area contributed by atoms with Gasteiger partial charge in [0.2, 0.25) is 5.91 Å². The minimum Gasteiger partial charge on any atom is -0.384 e. The highest BCUT2D eigenvalue weighted by molar-refractivity contribution is 5.81. The molecule has 3 heteroatoms. The smallest absolute Gasteiger partial charge is 0.225 e. The maximum atomic E-state index is 12.4. The van der Waals surface area contributed by atoms with Crippen LogP contribution < -0.4 is 10.6 Å². The van der Waals surface area contributed by atoms with Crippen molar-refractivity contribution in [2.75, 3.05) is 11.9 Å². The average Bonchev–Trinajstić information content (AvgIpc) is 2.42. The molecule has 2 aliphatic rings. The summed E-state index contributed by atoms with van der Waals surface area (Å²) in [7, 11) is 0. The van der Waals surface area contributed by atoms with Gasteiger partial charge in [-0.2, -0.15) is 0 Å². The Labute approximate surface area is 114 Å². The molecule has 102 valence electrons. The number of fused-ring (bicyclic) bond motifs is 1. The number of para-hydroxylation sites is 1. The van der Waals surface area contributed by atoms with E-state index in [2.05, 4.69) is 29.7 Å². The Morgan fingerprint density at radius 3 is 2.89 bits per heavy atom. The Morgan fingerprint density at radius 1 is 1.42 bits per heavy atom. The number of carbonyl (C=O) groups excluding carboxylic acids is 1. The Hall–Kier alpha value is -1.51. The van der Waals surface area contributed by atoms with Gasteiger partial charge in [0, 0.05) is 17.8 Å². The zero-order valence-electron chi connectivity index (χ0n) is 11.5. The van der Waals surface area contributed by atoms with Gasteiger partial charge in [0.25, 0.3) is 0 Å². The molecule has 0 aromatic heterocycles. The lowest BCUT2D eigenvalue weighted by atomic mass is 9.74. The highest BCUT2D eigenvalue weighted by Crippen LogP contribution is 2.35. The molecule has 3 rings (SSSR count). The van der Waals surface area contributed by atoms with Crippen LogP contribution in [-0.4, -0.2) is 18.0 Å². The first kappa shape index (κ1) is 12.5. The summed E-state index contributed by atoms with van der Waals surface area (Å²) in [6.07, 6.45) is 5.45. The fourth-order valence-electron chi connectivity index (χ4n) is 3.16. The lowest BCUT2D eigenvalue weighted by Gasteiger charge is -2.43. The second-order valence-electron chi connectivity index (χ2n) is 5.92. The van der Waals surface area contributed by atoms with Crippen LogP contribution in [0.25, 0.3) is 0 Å².